The number of ether oxygens (including phenoxy) is 1. The maximum Gasteiger partial charge on any atom is 0.140 e. The fraction of sp³-hybridized carbons (Fsp3) is 0.471. The van der Waals surface area contributed by atoms with E-state index < -0.39 is 0 Å². The summed E-state index contributed by atoms with van der Waals surface area (Å²) in [5, 5.41) is 3.43. The van der Waals surface area contributed by atoms with Crippen molar-refractivity contribution in [1.29, 1.82) is 0 Å². The highest BCUT2D eigenvalue weighted by Gasteiger charge is 2.24. The number of benzene rings is 1. The molecule has 4 rings (SSSR count). The van der Waals surface area contributed by atoms with Crippen molar-refractivity contribution < 1.29 is 4.74 Å². The Morgan fingerprint density at radius 2 is 2.19 bits per heavy atom. The van der Waals surface area contributed by atoms with Crippen molar-refractivity contribution in [1.82, 2.24) is 14.9 Å². The first-order chi connectivity index (χ1) is 10.4. The van der Waals surface area contributed by atoms with Crippen LogP contribution >= 0.6 is 0 Å². The molecule has 110 valence electrons. The number of hydrogen-bond acceptors (Lipinski definition) is 3. The number of hydrogen-bond donors (Lipinski definition) is 1. The molecule has 4 nitrogen and oxygen atoms in total. The summed E-state index contributed by atoms with van der Waals surface area (Å²) in [6, 6.07) is 10.5. The van der Waals surface area contributed by atoms with Crippen molar-refractivity contribution in [2.75, 3.05) is 19.8 Å². The summed E-state index contributed by atoms with van der Waals surface area (Å²) in [5.41, 5.74) is 3.85. The summed E-state index contributed by atoms with van der Waals surface area (Å²) in [7, 11) is 0. The van der Waals surface area contributed by atoms with Crippen LogP contribution in [-0.2, 0) is 24.2 Å². The van der Waals surface area contributed by atoms with Crippen LogP contribution in [0.5, 0.6) is 0 Å². The van der Waals surface area contributed by atoms with Crippen LogP contribution in [0.4, 0.5) is 0 Å². The summed E-state index contributed by atoms with van der Waals surface area (Å²) in [6.07, 6.45) is 2.24. The number of aromatic nitrogens is 2. The van der Waals surface area contributed by atoms with Crippen LogP contribution in [0.25, 0.3) is 11.4 Å². The van der Waals surface area contributed by atoms with Crippen molar-refractivity contribution >= 4 is 0 Å². The van der Waals surface area contributed by atoms with Gasteiger partial charge in [0.2, 0.25) is 0 Å². The number of rotatable bonds is 3. The molecule has 0 radical (unpaired) electrons. The van der Waals surface area contributed by atoms with Gasteiger partial charge >= 0.3 is 0 Å². The van der Waals surface area contributed by atoms with Gasteiger partial charge in [0.25, 0.3) is 0 Å². The lowest BCUT2D eigenvalue weighted by Gasteiger charge is -2.18. The molecular weight excluding hydrogens is 262 g/mol. The zero-order valence-corrected chi connectivity index (χ0v) is 12.2. The third-order valence-corrected chi connectivity index (χ3v) is 4.48. The first kappa shape index (κ1) is 13.0. The molecule has 1 atom stereocenters. The largest absolute Gasteiger partial charge is 0.381 e. The Labute approximate surface area is 125 Å². The van der Waals surface area contributed by atoms with Gasteiger partial charge in [-0.05, 0) is 6.42 Å². The molecule has 1 unspecified atom stereocenters. The highest BCUT2D eigenvalue weighted by atomic mass is 16.5. The Balaban J connectivity index is 1.75. The van der Waals surface area contributed by atoms with Crippen LogP contribution in [0.2, 0.25) is 0 Å². The first-order valence-corrected chi connectivity index (χ1v) is 7.84. The number of fused-ring (bicyclic) bond motifs is 1. The van der Waals surface area contributed by atoms with E-state index in [0.717, 1.165) is 45.1 Å². The van der Waals surface area contributed by atoms with E-state index in [0.29, 0.717) is 5.92 Å². The Hall–Kier alpha value is -1.65. The smallest absolute Gasteiger partial charge is 0.140 e. The maximum atomic E-state index is 5.55. The number of imidazole rings is 1. The first-order valence-electron chi connectivity index (χ1n) is 7.84. The molecule has 1 saturated heterocycles. The minimum absolute atomic E-state index is 0.626. The third kappa shape index (κ3) is 2.49. The van der Waals surface area contributed by atoms with Crippen LogP contribution in [-0.4, -0.2) is 29.3 Å². The molecule has 2 aromatic rings. The van der Waals surface area contributed by atoms with E-state index in [-0.39, 0.29) is 0 Å². The average Bonchev–Trinajstić information content (AvgIpc) is 3.17. The molecule has 2 aliphatic heterocycles. The van der Waals surface area contributed by atoms with Crippen LogP contribution < -0.4 is 5.32 Å². The molecule has 1 N–H and O–H groups in total. The second-order valence-electron chi connectivity index (χ2n) is 5.96. The lowest BCUT2D eigenvalue weighted by atomic mass is 10.1. The van der Waals surface area contributed by atoms with Gasteiger partial charge in [0.1, 0.15) is 5.82 Å². The SMILES string of the molecule is c1ccc(-c2nc3c(n2CC2CCOC2)CCNC3)cc1. The van der Waals surface area contributed by atoms with Gasteiger partial charge in [-0.25, -0.2) is 4.98 Å². The molecule has 4 heteroatoms. The molecule has 2 aliphatic rings. The van der Waals surface area contributed by atoms with Gasteiger partial charge in [0.05, 0.1) is 12.3 Å². The molecule has 3 heterocycles. The predicted octanol–water partition coefficient (Wildman–Crippen LogP) is 2.23. The topological polar surface area (TPSA) is 39.1 Å². The van der Waals surface area contributed by atoms with E-state index in [1.165, 1.54) is 23.4 Å². The number of nitrogens with one attached hydrogen (secondary N) is 1. The summed E-state index contributed by atoms with van der Waals surface area (Å²) < 4.78 is 8.00. The van der Waals surface area contributed by atoms with Gasteiger partial charge in [-0.15, -0.1) is 0 Å². The molecule has 0 bridgehead atoms. The molecule has 1 aromatic heterocycles. The van der Waals surface area contributed by atoms with Crippen molar-refractivity contribution in [3.8, 4) is 11.4 Å². The Kier molecular flexibility index (Phi) is 3.49. The molecule has 0 amide bonds. The minimum Gasteiger partial charge on any atom is -0.381 e. The molecule has 1 aromatic carbocycles. The van der Waals surface area contributed by atoms with Crippen LogP contribution in [0, 0.1) is 5.92 Å². The minimum atomic E-state index is 0.626. The molecule has 0 aliphatic carbocycles. The van der Waals surface area contributed by atoms with E-state index in [1.54, 1.807) is 0 Å². The third-order valence-electron chi connectivity index (χ3n) is 4.48. The van der Waals surface area contributed by atoms with Crippen molar-refractivity contribution in [2.45, 2.75) is 25.9 Å². The highest BCUT2D eigenvalue weighted by molar-refractivity contribution is 5.57. The van der Waals surface area contributed by atoms with E-state index in [1.807, 2.05) is 0 Å². The summed E-state index contributed by atoms with van der Waals surface area (Å²) >= 11 is 0. The zero-order valence-electron chi connectivity index (χ0n) is 12.2. The molecule has 21 heavy (non-hydrogen) atoms. The molecule has 0 saturated carbocycles. The molecular formula is C17H21N3O. The summed E-state index contributed by atoms with van der Waals surface area (Å²) in [4.78, 5) is 4.92. The Morgan fingerprint density at radius 1 is 1.29 bits per heavy atom. The van der Waals surface area contributed by atoms with Crippen molar-refractivity contribution in [3.05, 3.63) is 41.7 Å². The van der Waals surface area contributed by atoms with E-state index in [9.17, 15) is 0 Å². The van der Waals surface area contributed by atoms with Gasteiger partial charge in [-0.2, -0.15) is 0 Å². The monoisotopic (exact) mass is 283 g/mol. The maximum absolute atomic E-state index is 5.55. The Bertz CT molecular complexity index is 614. The second-order valence-corrected chi connectivity index (χ2v) is 5.96. The quantitative estimate of drug-likeness (QED) is 0.939. The van der Waals surface area contributed by atoms with Gasteiger partial charge < -0.3 is 14.6 Å². The average molecular weight is 283 g/mol. The van der Waals surface area contributed by atoms with Crippen LogP contribution in [0.15, 0.2) is 30.3 Å². The van der Waals surface area contributed by atoms with Crippen LogP contribution in [0.3, 0.4) is 0 Å². The van der Waals surface area contributed by atoms with E-state index in [4.69, 9.17) is 9.72 Å². The van der Waals surface area contributed by atoms with Crippen molar-refractivity contribution in [3.63, 3.8) is 0 Å². The fourth-order valence-corrected chi connectivity index (χ4v) is 3.36. The zero-order chi connectivity index (χ0) is 14.1. The molecule has 1 fully saturated rings. The normalized spacial score (nSPS) is 21.4. The van der Waals surface area contributed by atoms with Crippen LogP contribution in [0.1, 0.15) is 17.8 Å². The summed E-state index contributed by atoms with van der Waals surface area (Å²) in [5.74, 6) is 1.75. The van der Waals surface area contributed by atoms with Gasteiger partial charge in [-0.3, -0.25) is 0 Å². The van der Waals surface area contributed by atoms with Gasteiger partial charge in [0.15, 0.2) is 0 Å². The van der Waals surface area contributed by atoms with Crippen molar-refractivity contribution in [2.24, 2.45) is 5.92 Å². The predicted molar refractivity (Wildman–Crippen MR) is 82.0 cm³/mol. The van der Waals surface area contributed by atoms with Gasteiger partial charge in [0, 0.05) is 49.8 Å². The number of nitrogens with zero attached hydrogens (tertiary/aromatic N) is 2. The highest BCUT2D eigenvalue weighted by Crippen LogP contribution is 2.27. The Morgan fingerprint density at radius 3 is 3.00 bits per heavy atom. The van der Waals surface area contributed by atoms with Gasteiger partial charge in [-0.1, -0.05) is 30.3 Å². The summed E-state index contributed by atoms with van der Waals surface area (Å²) in [6.45, 7) is 4.77. The molecule has 0 spiro atoms. The second kappa shape index (κ2) is 5.62. The standard InChI is InChI=1S/C17H21N3O/c1-2-4-14(5-3-1)17-19-15-10-18-8-6-16(15)20(17)11-13-7-9-21-12-13/h1-5,13,18H,6-12H2. The fourth-order valence-electron chi connectivity index (χ4n) is 3.36. The lowest BCUT2D eigenvalue weighted by Crippen LogP contribution is -2.26. The van der Waals surface area contributed by atoms with E-state index >= 15 is 0 Å². The lowest BCUT2D eigenvalue weighted by molar-refractivity contribution is 0.182. The van der Waals surface area contributed by atoms with E-state index in [2.05, 4.69) is 40.2 Å².